The smallest absolute Gasteiger partial charge is 0.0571 e. The van der Waals surface area contributed by atoms with Crippen molar-refractivity contribution >= 4 is 11.6 Å². The van der Waals surface area contributed by atoms with Gasteiger partial charge in [0.2, 0.25) is 0 Å². The molecule has 0 aliphatic heterocycles. The quantitative estimate of drug-likeness (QED) is 0.814. The van der Waals surface area contributed by atoms with Crippen molar-refractivity contribution in [2.45, 2.75) is 40.3 Å². The van der Waals surface area contributed by atoms with Crippen LogP contribution < -0.4 is 5.32 Å². The molecule has 0 atom stereocenters. The lowest BCUT2D eigenvalue weighted by Gasteiger charge is -2.08. The van der Waals surface area contributed by atoms with Gasteiger partial charge in [-0.1, -0.05) is 30.7 Å². The van der Waals surface area contributed by atoms with Crippen molar-refractivity contribution < 1.29 is 0 Å². The molecular weight excluding hydrogens is 270 g/mol. The van der Waals surface area contributed by atoms with Gasteiger partial charge < -0.3 is 5.32 Å². The molecule has 4 heteroatoms. The van der Waals surface area contributed by atoms with Crippen molar-refractivity contribution in [2.75, 3.05) is 6.54 Å². The first kappa shape index (κ1) is 15.1. The molecule has 0 aliphatic rings. The highest BCUT2D eigenvalue weighted by molar-refractivity contribution is 6.33. The molecule has 0 radical (unpaired) electrons. The number of nitrogens with one attached hydrogen (secondary N) is 1. The Bertz CT molecular complexity index is 575. The number of nitrogens with zero attached hydrogens (tertiary/aromatic N) is 2. The Kier molecular flexibility index (Phi) is 5.21. The lowest BCUT2D eigenvalue weighted by Crippen LogP contribution is -2.13. The molecule has 0 fully saturated rings. The number of benzene rings is 1. The molecule has 0 saturated carbocycles. The Hall–Kier alpha value is -1.32. The number of rotatable bonds is 6. The predicted octanol–water partition coefficient (Wildman–Crippen LogP) is 4.03. The van der Waals surface area contributed by atoms with Crippen LogP contribution in [0.25, 0.3) is 11.1 Å². The summed E-state index contributed by atoms with van der Waals surface area (Å²) in [5.41, 5.74) is 4.55. The van der Waals surface area contributed by atoms with Gasteiger partial charge in [-0.15, -0.1) is 0 Å². The van der Waals surface area contributed by atoms with E-state index in [-0.39, 0.29) is 0 Å². The fourth-order valence-electron chi connectivity index (χ4n) is 2.33. The predicted molar refractivity (Wildman–Crippen MR) is 85.1 cm³/mol. The summed E-state index contributed by atoms with van der Waals surface area (Å²) in [6.45, 7) is 9.11. The number of aromatic nitrogens is 2. The van der Waals surface area contributed by atoms with Crippen molar-refractivity contribution in [3.05, 3.63) is 40.7 Å². The lowest BCUT2D eigenvalue weighted by molar-refractivity contribution is 0.640. The molecule has 0 amide bonds. The van der Waals surface area contributed by atoms with E-state index in [1.807, 2.05) is 16.9 Å². The van der Waals surface area contributed by atoms with Gasteiger partial charge in [-0.3, -0.25) is 4.68 Å². The average Bonchev–Trinajstić information content (AvgIpc) is 2.80. The molecule has 1 aromatic carbocycles. The third-order valence-corrected chi connectivity index (χ3v) is 3.79. The molecule has 1 aromatic heterocycles. The summed E-state index contributed by atoms with van der Waals surface area (Å²) in [4.78, 5) is 0. The largest absolute Gasteiger partial charge is 0.313 e. The van der Waals surface area contributed by atoms with E-state index in [0.717, 1.165) is 47.9 Å². The number of halogens is 1. The van der Waals surface area contributed by atoms with E-state index in [1.165, 1.54) is 5.56 Å². The minimum absolute atomic E-state index is 0.791. The maximum Gasteiger partial charge on any atom is 0.0571 e. The highest BCUT2D eigenvalue weighted by Gasteiger charge is 2.11. The molecule has 0 aliphatic carbocycles. The summed E-state index contributed by atoms with van der Waals surface area (Å²) in [5.74, 6) is 0. The summed E-state index contributed by atoms with van der Waals surface area (Å²) in [6.07, 6.45) is 3.04. The monoisotopic (exact) mass is 291 g/mol. The van der Waals surface area contributed by atoms with Gasteiger partial charge in [-0.05, 0) is 38.4 Å². The summed E-state index contributed by atoms with van der Waals surface area (Å²) in [5, 5.41) is 8.56. The lowest BCUT2D eigenvalue weighted by atomic mass is 10.0. The summed E-state index contributed by atoms with van der Waals surface area (Å²) < 4.78 is 1.99. The standard InChI is InChI=1S/C16H22ClN3/c1-4-8-18-10-13-6-7-14(16(17)9-13)15-11-19-20(5-2)12(15)3/h6-7,9,11,18H,4-5,8,10H2,1-3H3. The minimum atomic E-state index is 0.791. The van der Waals surface area contributed by atoms with Crippen LogP contribution >= 0.6 is 11.6 Å². The van der Waals surface area contributed by atoms with Crippen molar-refractivity contribution in [2.24, 2.45) is 0 Å². The molecular formula is C16H22ClN3. The fraction of sp³-hybridized carbons (Fsp3) is 0.438. The molecule has 1 N–H and O–H groups in total. The van der Waals surface area contributed by atoms with Crippen LogP contribution in [-0.2, 0) is 13.1 Å². The van der Waals surface area contributed by atoms with Crippen molar-refractivity contribution in [1.82, 2.24) is 15.1 Å². The fourth-order valence-corrected chi connectivity index (χ4v) is 2.63. The molecule has 2 rings (SSSR count). The molecule has 0 spiro atoms. The van der Waals surface area contributed by atoms with Crippen LogP contribution in [0.15, 0.2) is 24.4 Å². The van der Waals surface area contributed by atoms with Gasteiger partial charge >= 0.3 is 0 Å². The Balaban J connectivity index is 2.22. The number of hydrogen-bond donors (Lipinski definition) is 1. The second-order valence-electron chi connectivity index (χ2n) is 4.95. The Morgan fingerprint density at radius 3 is 2.65 bits per heavy atom. The molecule has 2 aromatic rings. The van der Waals surface area contributed by atoms with Crippen LogP contribution in [0.2, 0.25) is 5.02 Å². The molecule has 20 heavy (non-hydrogen) atoms. The molecule has 0 bridgehead atoms. The van der Waals surface area contributed by atoms with Gasteiger partial charge in [0.1, 0.15) is 0 Å². The van der Waals surface area contributed by atoms with Gasteiger partial charge in [0, 0.05) is 34.9 Å². The van der Waals surface area contributed by atoms with Crippen molar-refractivity contribution in [1.29, 1.82) is 0 Å². The van der Waals surface area contributed by atoms with Crippen LogP contribution in [0.1, 0.15) is 31.5 Å². The SMILES string of the molecule is CCCNCc1ccc(-c2cnn(CC)c2C)c(Cl)c1. The average molecular weight is 292 g/mol. The van der Waals surface area contributed by atoms with Crippen molar-refractivity contribution in [3.63, 3.8) is 0 Å². The van der Waals surface area contributed by atoms with Gasteiger partial charge in [0.25, 0.3) is 0 Å². The Morgan fingerprint density at radius 2 is 2.05 bits per heavy atom. The first-order chi connectivity index (χ1) is 9.67. The molecule has 108 valence electrons. The van der Waals surface area contributed by atoms with Gasteiger partial charge in [0.05, 0.1) is 6.20 Å². The third kappa shape index (κ3) is 3.22. The zero-order valence-corrected chi connectivity index (χ0v) is 13.2. The first-order valence-electron chi connectivity index (χ1n) is 7.19. The van der Waals surface area contributed by atoms with E-state index < -0.39 is 0 Å². The maximum atomic E-state index is 6.44. The Labute approximate surface area is 126 Å². The molecule has 0 saturated heterocycles. The first-order valence-corrected chi connectivity index (χ1v) is 7.57. The van der Waals surface area contributed by atoms with E-state index in [1.54, 1.807) is 0 Å². The van der Waals surface area contributed by atoms with Gasteiger partial charge in [-0.2, -0.15) is 5.10 Å². The van der Waals surface area contributed by atoms with Crippen LogP contribution in [0.4, 0.5) is 0 Å². The second kappa shape index (κ2) is 6.91. The van der Waals surface area contributed by atoms with E-state index in [4.69, 9.17) is 11.6 Å². The number of aryl methyl sites for hydroxylation is 1. The summed E-state index contributed by atoms with van der Waals surface area (Å²) in [7, 11) is 0. The van der Waals surface area contributed by atoms with Crippen LogP contribution in [0.3, 0.4) is 0 Å². The Morgan fingerprint density at radius 1 is 1.25 bits per heavy atom. The van der Waals surface area contributed by atoms with Gasteiger partial charge in [0.15, 0.2) is 0 Å². The summed E-state index contributed by atoms with van der Waals surface area (Å²) >= 11 is 6.44. The highest BCUT2D eigenvalue weighted by Crippen LogP contribution is 2.30. The highest BCUT2D eigenvalue weighted by atomic mass is 35.5. The second-order valence-corrected chi connectivity index (χ2v) is 5.36. The minimum Gasteiger partial charge on any atom is -0.313 e. The van der Waals surface area contributed by atoms with Gasteiger partial charge in [-0.25, -0.2) is 0 Å². The molecule has 0 unspecified atom stereocenters. The van der Waals surface area contributed by atoms with Crippen LogP contribution in [0.5, 0.6) is 0 Å². The van der Waals surface area contributed by atoms with Crippen molar-refractivity contribution in [3.8, 4) is 11.1 Å². The van der Waals surface area contributed by atoms with E-state index in [2.05, 4.69) is 43.3 Å². The van der Waals surface area contributed by atoms with E-state index in [0.29, 0.717) is 0 Å². The van der Waals surface area contributed by atoms with E-state index in [9.17, 15) is 0 Å². The zero-order valence-electron chi connectivity index (χ0n) is 12.4. The van der Waals surface area contributed by atoms with E-state index >= 15 is 0 Å². The van der Waals surface area contributed by atoms with Crippen LogP contribution in [-0.4, -0.2) is 16.3 Å². The third-order valence-electron chi connectivity index (χ3n) is 3.48. The summed E-state index contributed by atoms with van der Waals surface area (Å²) in [6, 6.07) is 6.27. The number of hydrogen-bond acceptors (Lipinski definition) is 2. The zero-order chi connectivity index (χ0) is 14.5. The van der Waals surface area contributed by atoms with Crippen LogP contribution in [0, 0.1) is 6.92 Å². The normalized spacial score (nSPS) is 11.0. The molecule has 1 heterocycles. The topological polar surface area (TPSA) is 29.9 Å². The molecule has 3 nitrogen and oxygen atoms in total. The maximum absolute atomic E-state index is 6.44.